The van der Waals surface area contributed by atoms with Gasteiger partial charge in [0.05, 0.1) is 10.7 Å². The minimum absolute atomic E-state index is 0.333. The fourth-order valence-electron chi connectivity index (χ4n) is 2.90. The van der Waals surface area contributed by atoms with Gasteiger partial charge in [0.2, 0.25) is 0 Å². The molecule has 3 nitrogen and oxygen atoms in total. The van der Waals surface area contributed by atoms with Gasteiger partial charge in [0.15, 0.2) is 0 Å². The number of benzene rings is 1. The zero-order valence-corrected chi connectivity index (χ0v) is 14.5. The molecule has 21 heavy (non-hydrogen) atoms. The van der Waals surface area contributed by atoms with Crippen LogP contribution in [0.2, 0.25) is 5.02 Å². The third-order valence-electron chi connectivity index (χ3n) is 4.24. The maximum Gasteiger partial charge on any atom is 0.0642 e. The molecule has 0 spiro atoms. The fraction of sp³-hybridized carbons (Fsp3) is 0.647. The molecule has 1 aliphatic heterocycles. The van der Waals surface area contributed by atoms with Gasteiger partial charge in [-0.2, -0.15) is 0 Å². The van der Waals surface area contributed by atoms with E-state index in [0.29, 0.717) is 6.04 Å². The van der Waals surface area contributed by atoms with Crippen molar-refractivity contribution in [1.29, 1.82) is 0 Å². The van der Waals surface area contributed by atoms with Crippen LogP contribution in [0.3, 0.4) is 0 Å². The van der Waals surface area contributed by atoms with Crippen molar-refractivity contribution in [2.45, 2.75) is 26.8 Å². The molecular weight excluding hydrogens is 282 g/mol. The van der Waals surface area contributed by atoms with E-state index in [1.165, 1.54) is 17.8 Å². The third-order valence-corrected chi connectivity index (χ3v) is 4.54. The Morgan fingerprint density at radius 2 is 1.81 bits per heavy atom. The molecule has 0 amide bonds. The molecule has 4 heteroatoms. The number of nitrogens with zero attached hydrogens (tertiary/aromatic N) is 2. The summed E-state index contributed by atoms with van der Waals surface area (Å²) in [5.41, 5.74) is 2.41. The van der Waals surface area contributed by atoms with Crippen LogP contribution < -0.4 is 10.2 Å². The Kier molecular flexibility index (Phi) is 5.91. The van der Waals surface area contributed by atoms with Crippen LogP contribution in [0.1, 0.15) is 32.4 Å². The van der Waals surface area contributed by atoms with E-state index >= 15 is 0 Å². The molecule has 1 aromatic rings. The van der Waals surface area contributed by atoms with Crippen molar-refractivity contribution < 1.29 is 0 Å². The third kappa shape index (κ3) is 4.35. The van der Waals surface area contributed by atoms with Gasteiger partial charge in [0.1, 0.15) is 0 Å². The molecule has 0 aliphatic carbocycles. The first kappa shape index (κ1) is 16.6. The normalized spacial score (nSPS) is 18.3. The number of piperazine rings is 1. The SMILES string of the molecule is CNC(C)c1ccc(N2CCN(CC(C)C)CC2)c(Cl)c1. The zero-order chi connectivity index (χ0) is 15.4. The summed E-state index contributed by atoms with van der Waals surface area (Å²) in [5.74, 6) is 0.738. The highest BCUT2D eigenvalue weighted by atomic mass is 35.5. The van der Waals surface area contributed by atoms with Crippen LogP contribution in [-0.4, -0.2) is 44.7 Å². The second kappa shape index (κ2) is 7.48. The first-order valence-corrected chi connectivity index (χ1v) is 8.33. The Bertz CT molecular complexity index is 453. The minimum atomic E-state index is 0.333. The van der Waals surface area contributed by atoms with E-state index in [2.05, 4.69) is 54.1 Å². The number of anilines is 1. The molecule has 1 fully saturated rings. The summed E-state index contributed by atoms with van der Waals surface area (Å²) >= 11 is 6.50. The highest BCUT2D eigenvalue weighted by molar-refractivity contribution is 6.33. The smallest absolute Gasteiger partial charge is 0.0642 e. The second-order valence-electron chi connectivity index (χ2n) is 6.40. The average Bonchev–Trinajstić information content (AvgIpc) is 2.47. The maximum atomic E-state index is 6.50. The van der Waals surface area contributed by atoms with Crippen LogP contribution in [-0.2, 0) is 0 Å². The van der Waals surface area contributed by atoms with Crippen LogP contribution in [0.15, 0.2) is 18.2 Å². The van der Waals surface area contributed by atoms with E-state index in [0.717, 1.165) is 37.1 Å². The van der Waals surface area contributed by atoms with Crippen molar-refractivity contribution in [2.24, 2.45) is 5.92 Å². The summed E-state index contributed by atoms with van der Waals surface area (Å²) in [6.07, 6.45) is 0. The van der Waals surface area contributed by atoms with Gasteiger partial charge in [0.25, 0.3) is 0 Å². The maximum absolute atomic E-state index is 6.50. The van der Waals surface area contributed by atoms with Gasteiger partial charge in [-0.3, -0.25) is 4.90 Å². The summed E-state index contributed by atoms with van der Waals surface area (Å²) in [4.78, 5) is 4.96. The van der Waals surface area contributed by atoms with Crippen molar-refractivity contribution in [1.82, 2.24) is 10.2 Å². The molecular formula is C17H28ClN3. The van der Waals surface area contributed by atoms with Crippen molar-refractivity contribution in [3.8, 4) is 0 Å². The summed E-state index contributed by atoms with van der Waals surface area (Å²) in [6, 6.07) is 6.78. The molecule has 1 aromatic carbocycles. The van der Waals surface area contributed by atoms with Gasteiger partial charge in [-0.1, -0.05) is 31.5 Å². The van der Waals surface area contributed by atoms with Crippen LogP contribution in [0, 0.1) is 5.92 Å². The first-order valence-electron chi connectivity index (χ1n) is 7.95. The Morgan fingerprint density at radius 1 is 1.14 bits per heavy atom. The number of hydrogen-bond acceptors (Lipinski definition) is 3. The molecule has 0 aromatic heterocycles. The lowest BCUT2D eigenvalue weighted by atomic mass is 10.1. The van der Waals surface area contributed by atoms with Crippen LogP contribution in [0.5, 0.6) is 0 Å². The quantitative estimate of drug-likeness (QED) is 0.899. The number of rotatable bonds is 5. The van der Waals surface area contributed by atoms with Gasteiger partial charge in [-0.15, -0.1) is 0 Å². The Morgan fingerprint density at radius 3 is 2.33 bits per heavy atom. The minimum Gasteiger partial charge on any atom is -0.368 e. The van der Waals surface area contributed by atoms with Gasteiger partial charge in [-0.25, -0.2) is 0 Å². The van der Waals surface area contributed by atoms with E-state index in [-0.39, 0.29) is 0 Å². The molecule has 0 radical (unpaired) electrons. The molecule has 2 rings (SSSR count). The fourth-order valence-corrected chi connectivity index (χ4v) is 3.21. The van der Waals surface area contributed by atoms with Gasteiger partial charge < -0.3 is 10.2 Å². The lowest BCUT2D eigenvalue weighted by Crippen LogP contribution is -2.47. The molecule has 1 atom stereocenters. The predicted molar refractivity (Wildman–Crippen MR) is 92.4 cm³/mol. The van der Waals surface area contributed by atoms with E-state index in [4.69, 9.17) is 11.6 Å². The molecule has 1 heterocycles. The molecule has 0 bridgehead atoms. The number of nitrogens with one attached hydrogen (secondary N) is 1. The van der Waals surface area contributed by atoms with Crippen LogP contribution in [0.25, 0.3) is 0 Å². The monoisotopic (exact) mass is 309 g/mol. The van der Waals surface area contributed by atoms with Crippen LogP contribution >= 0.6 is 11.6 Å². The second-order valence-corrected chi connectivity index (χ2v) is 6.81. The zero-order valence-electron chi connectivity index (χ0n) is 13.7. The van der Waals surface area contributed by atoms with Crippen molar-refractivity contribution >= 4 is 17.3 Å². The topological polar surface area (TPSA) is 18.5 Å². The van der Waals surface area contributed by atoms with Crippen molar-refractivity contribution in [3.05, 3.63) is 28.8 Å². The van der Waals surface area contributed by atoms with Crippen molar-refractivity contribution in [3.63, 3.8) is 0 Å². The van der Waals surface area contributed by atoms with Crippen LogP contribution in [0.4, 0.5) is 5.69 Å². The van der Waals surface area contributed by atoms with E-state index < -0.39 is 0 Å². The Labute approximate surface area is 134 Å². The van der Waals surface area contributed by atoms with Gasteiger partial charge in [-0.05, 0) is 37.6 Å². The highest BCUT2D eigenvalue weighted by Crippen LogP contribution is 2.29. The lowest BCUT2D eigenvalue weighted by molar-refractivity contribution is 0.231. The molecule has 1 saturated heterocycles. The molecule has 1 N–H and O–H groups in total. The largest absolute Gasteiger partial charge is 0.368 e. The average molecular weight is 310 g/mol. The van der Waals surface area contributed by atoms with Gasteiger partial charge >= 0.3 is 0 Å². The number of hydrogen-bond donors (Lipinski definition) is 1. The van der Waals surface area contributed by atoms with E-state index in [1.807, 2.05) is 7.05 Å². The molecule has 1 aliphatic rings. The summed E-state index contributed by atoms with van der Waals surface area (Å²) < 4.78 is 0. The predicted octanol–water partition coefficient (Wildman–Crippen LogP) is 3.40. The Balaban J connectivity index is 2.00. The standard InChI is InChI=1S/C17H28ClN3/c1-13(2)12-20-7-9-21(10-8-20)17-6-5-15(11-16(17)18)14(3)19-4/h5-6,11,13-14,19H,7-10,12H2,1-4H3. The number of halogens is 1. The first-order chi connectivity index (χ1) is 10.0. The molecule has 118 valence electrons. The summed E-state index contributed by atoms with van der Waals surface area (Å²) in [7, 11) is 1.97. The Hall–Kier alpha value is -0.770. The van der Waals surface area contributed by atoms with E-state index in [9.17, 15) is 0 Å². The molecule has 0 saturated carbocycles. The molecule has 1 unspecified atom stereocenters. The highest BCUT2D eigenvalue weighted by Gasteiger charge is 2.19. The van der Waals surface area contributed by atoms with E-state index in [1.54, 1.807) is 0 Å². The van der Waals surface area contributed by atoms with Gasteiger partial charge in [0, 0.05) is 38.8 Å². The summed E-state index contributed by atoms with van der Waals surface area (Å²) in [6.45, 7) is 12.3. The lowest BCUT2D eigenvalue weighted by Gasteiger charge is -2.37. The summed E-state index contributed by atoms with van der Waals surface area (Å²) in [5, 5.41) is 4.12. The van der Waals surface area contributed by atoms with Crippen molar-refractivity contribution in [2.75, 3.05) is 44.7 Å².